The fraction of sp³-hybridized carbons (Fsp3) is 0.364. The fourth-order valence-electron chi connectivity index (χ4n) is 1.31. The molecule has 0 unspecified atom stereocenters. The molecule has 0 radical (unpaired) electrons. The van der Waals surface area contributed by atoms with Gasteiger partial charge in [0.05, 0.1) is 6.54 Å². The first kappa shape index (κ1) is 11.9. The van der Waals surface area contributed by atoms with Crippen molar-refractivity contribution in [1.82, 2.24) is 9.88 Å². The zero-order valence-electron chi connectivity index (χ0n) is 8.59. The molecule has 0 aliphatic rings. The zero-order chi connectivity index (χ0) is 11.3. The number of terminal acetylenes is 1. The van der Waals surface area contributed by atoms with Gasteiger partial charge in [-0.15, -0.1) is 6.42 Å². The molecule has 0 saturated carbocycles. The van der Waals surface area contributed by atoms with Crippen LogP contribution in [0, 0.1) is 12.3 Å². The summed E-state index contributed by atoms with van der Waals surface area (Å²) in [5, 5.41) is 2.64. The molecule has 80 valence electrons. The van der Waals surface area contributed by atoms with E-state index in [0.717, 1.165) is 17.4 Å². The number of hydrogen-bond acceptors (Lipinski definition) is 1. The smallest absolute Gasteiger partial charge is 0.268 e. The monoisotopic (exact) mass is 268 g/mol. The minimum absolute atomic E-state index is 0.132. The lowest BCUT2D eigenvalue weighted by molar-refractivity contribution is 0.0949. The van der Waals surface area contributed by atoms with Gasteiger partial charge in [0, 0.05) is 17.2 Å². The minimum Gasteiger partial charge on any atom is -0.342 e. The number of nitrogens with zero attached hydrogens (tertiary/aromatic N) is 1. The van der Waals surface area contributed by atoms with Crippen LogP contribution in [0.5, 0.6) is 0 Å². The van der Waals surface area contributed by atoms with E-state index in [2.05, 4.69) is 34.1 Å². The molecule has 0 bridgehead atoms. The zero-order valence-corrected chi connectivity index (χ0v) is 10.2. The van der Waals surface area contributed by atoms with Gasteiger partial charge in [-0.25, -0.2) is 0 Å². The largest absolute Gasteiger partial charge is 0.342 e. The summed E-state index contributed by atoms with van der Waals surface area (Å²) < 4.78 is 2.82. The topological polar surface area (TPSA) is 34.0 Å². The molecule has 0 aliphatic carbocycles. The van der Waals surface area contributed by atoms with Gasteiger partial charge in [0.1, 0.15) is 5.69 Å². The van der Waals surface area contributed by atoms with Gasteiger partial charge in [-0.1, -0.05) is 12.8 Å². The summed E-state index contributed by atoms with van der Waals surface area (Å²) in [5.41, 5.74) is 0.638. The molecule has 1 aromatic heterocycles. The maximum Gasteiger partial charge on any atom is 0.268 e. The van der Waals surface area contributed by atoms with E-state index in [1.54, 1.807) is 6.07 Å². The lowest BCUT2D eigenvalue weighted by Crippen LogP contribution is -2.26. The number of hydrogen-bond donors (Lipinski definition) is 1. The van der Waals surface area contributed by atoms with Crippen LogP contribution < -0.4 is 5.32 Å². The van der Waals surface area contributed by atoms with Gasteiger partial charge in [-0.05, 0) is 28.4 Å². The second kappa shape index (κ2) is 5.62. The lowest BCUT2D eigenvalue weighted by Gasteiger charge is -2.06. The van der Waals surface area contributed by atoms with Crippen molar-refractivity contribution < 1.29 is 4.79 Å². The summed E-state index contributed by atoms with van der Waals surface area (Å²) in [7, 11) is 0. The van der Waals surface area contributed by atoms with Crippen molar-refractivity contribution in [1.29, 1.82) is 0 Å². The summed E-state index contributed by atoms with van der Waals surface area (Å²) in [4.78, 5) is 11.7. The third kappa shape index (κ3) is 3.14. The van der Waals surface area contributed by atoms with Crippen molar-refractivity contribution in [2.75, 3.05) is 6.54 Å². The highest BCUT2D eigenvalue weighted by Gasteiger charge is 2.11. The Balaban J connectivity index is 2.82. The average Bonchev–Trinajstić information content (AvgIpc) is 2.57. The number of aromatic nitrogens is 1. The van der Waals surface area contributed by atoms with Gasteiger partial charge in [0.15, 0.2) is 0 Å². The Morgan fingerprint density at radius 3 is 3.07 bits per heavy atom. The fourth-order valence-corrected chi connectivity index (χ4v) is 1.78. The summed E-state index contributed by atoms with van der Waals surface area (Å²) in [5.74, 6) is 2.24. The molecule has 4 heteroatoms. The van der Waals surface area contributed by atoms with Gasteiger partial charge in [0.2, 0.25) is 0 Å². The van der Waals surface area contributed by atoms with Crippen LogP contribution in [0.3, 0.4) is 0 Å². The van der Waals surface area contributed by atoms with E-state index in [-0.39, 0.29) is 12.5 Å². The van der Waals surface area contributed by atoms with Gasteiger partial charge in [-0.3, -0.25) is 4.79 Å². The van der Waals surface area contributed by atoms with Gasteiger partial charge < -0.3 is 9.88 Å². The van der Waals surface area contributed by atoms with E-state index in [9.17, 15) is 4.79 Å². The number of aryl methyl sites for hydroxylation is 1. The van der Waals surface area contributed by atoms with Crippen molar-refractivity contribution in [3.05, 3.63) is 22.4 Å². The number of amides is 1. The van der Waals surface area contributed by atoms with Crippen LogP contribution >= 0.6 is 15.9 Å². The predicted molar refractivity (Wildman–Crippen MR) is 63.6 cm³/mol. The second-order valence-electron chi connectivity index (χ2n) is 3.12. The summed E-state index contributed by atoms with van der Waals surface area (Å²) in [6.07, 6.45) is 7.96. The van der Waals surface area contributed by atoms with Gasteiger partial charge >= 0.3 is 0 Å². The van der Waals surface area contributed by atoms with E-state index in [4.69, 9.17) is 6.42 Å². The van der Waals surface area contributed by atoms with E-state index < -0.39 is 0 Å². The van der Waals surface area contributed by atoms with E-state index in [0.29, 0.717) is 5.69 Å². The van der Waals surface area contributed by atoms with Crippen LogP contribution in [0.25, 0.3) is 0 Å². The SMILES string of the molecule is C#CCNC(=O)c1cc(Br)cn1CCC. The van der Waals surface area contributed by atoms with E-state index >= 15 is 0 Å². The molecule has 0 aliphatic heterocycles. The highest BCUT2D eigenvalue weighted by atomic mass is 79.9. The maximum atomic E-state index is 11.7. The Hall–Kier alpha value is -1.21. The Morgan fingerprint density at radius 2 is 2.47 bits per heavy atom. The van der Waals surface area contributed by atoms with Crippen molar-refractivity contribution >= 4 is 21.8 Å². The van der Waals surface area contributed by atoms with Gasteiger partial charge in [0.25, 0.3) is 5.91 Å². The Kier molecular flexibility index (Phi) is 4.44. The molecule has 1 amide bonds. The first-order chi connectivity index (χ1) is 7.19. The second-order valence-corrected chi connectivity index (χ2v) is 4.04. The van der Waals surface area contributed by atoms with Crippen LogP contribution in [0.2, 0.25) is 0 Å². The van der Waals surface area contributed by atoms with E-state index in [1.165, 1.54) is 0 Å². The molecule has 1 aromatic rings. The number of halogens is 1. The highest BCUT2D eigenvalue weighted by Crippen LogP contribution is 2.15. The minimum atomic E-state index is -0.132. The van der Waals surface area contributed by atoms with E-state index in [1.807, 2.05) is 10.8 Å². The van der Waals surface area contributed by atoms with Crippen LogP contribution in [0.1, 0.15) is 23.8 Å². The van der Waals surface area contributed by atoms with Crippen molar-refractivity contribution in [3.8, 4) is 12.3 Å². The standard InChI is InChI=1S/C11H13BrN2O/c1-3-5-13-11(15)10-7-9(12)8-14(10)6-4-2/h1,7-8H,4-6H2,2H3,(H,13,15). The van der Waals surface area contributed by atoms with Crippen LogP contribution in [-0.2, 0) is 6.54 Å². The number of rotatable bonds is 4. The Labute approximate surface area is 98.0 Å². The summed E-state index contributed by atoms with van der Waals surface area (Å²) in [6, 6.07) is 1.79. The Morgan fingerprint density at radius 1 is 1.73 bits per heavy atom. The molecule has 15 heavy (non-hydrogen) atoms. The molecular formula is C11H13BrN2O. The molecule has 0 spiro atoms. The summed E-state index contributed by atoms with van der Waals surface area (Å²) >= 11 is 3.35. The highest BCUT2D eigenvalue weighted by molar-refractivity contribution is 9.10. The molecule has 0 aromatic carbocycles. The molecule has 1 N–H and O–H groups in total. The first-order valence-corrected chi connectivity index (χ1v) is 5.55. The lowest BCUT2D eigenvalue weighted by atomic mass is 10.3. The average molecular weight is 269 g/mol. The molecule has 0 saturated heterocycles. The normalized spacial score (nSPS) is 9.67. The number of carbonyl (C=O) groups is 1. The number of nitrogens with one attached hydrogen (secondary N) is 1. The van der Waals surface area contributed by atoms with Crippen molar-refractivity contribution in [3.63, 3.8) is 0 Å². The van der Waals surface area contributed by atoms with Crippen LogP contribution in [0.4, 0.5) is 0 Å². The molecule has 1 rings (SSSR count). The molecular weight excluding hydrogens is 256 g/mol. The molecule has 3 nitrogen and oxygen atoms in total. The quantitative estimate of drug-likeness (QED) is 0.834. The number of carbonyl (C=O) groups excluding carboxylic acids is 1. The molecule has 0 atom stereocenters. The predicted octanol–water partition coefficient (Wildman–Crippen LogP) is 2.02. The van der Waals surface area contributed by atoms with Crippen LogP contribution in [0.15, 0.2) is 16.7 Å². The third-order valence-corrected chi connectivity index (χ3v) is 2.35. The van der Waals surface area contributed by atoms with Gasteiger partial charge in [-0.2, -0.15) is 0 Å². The third-order valence-electron chi connectivity index (χ3n) is 1.91. The Bertz CT molecular complexity index is 390. The van der Waals surface area contributed by atoms with Crippen molar-refractivity contribution in [2.45, 2.75) is 19.9 Å². The van der Waals surface area contributed by atoms with Crippen molar-refractivity contribution in [2.24, 2.45) is 0 Å². The first-order valence-electron chi connectivity index (χ1n) is 4.76. The summed E-state index contributed by atoms with van der Waals surface area (Å²) in [6.45, 7) is 3.15. The molecule has 0 fully saturated rings. The maximum absolute atomic E-state index is 11.7. The molecule has 1 heterocycles. The van der Waals surface area contributed by atoms with Crippen LogP contribution in [-0.4, -0.2) is 17.0 Å².